The van der Waals surface area contributed by atoms with Crippen molar-refractivity contribution in [2.24, 2.45) is 0 Å². The normalized spacial score (nSPS) is 14.2. The quantitative estimate of drug-likeness (QED) is 0.0936. The van der Waals surface area contributed by atoms with E-state index < -0.39 is 11.2 Å². The van der Waals surface area contributed by atoms with E-state index in [0.717, 1.165) is 33.4 Å². The smallest absolute Gasteiger partial charge is 0.308 e. The summed E-state index contributed by atoms with van der Waals surface area (Å²) in [4.78, 5) is 32.6. The van der Waals surface area contributed by atoms with Gasteiger partial charge in [-0.25, -0.2) is 0 Å². The monoisotopic (exact) mass is 752 g/mol. The number of benzene rings is 5. The molecule has 0 unspecified atom stereocenters. The van der Waals surface area contributed by atoms with Crippen molar-refractivity contribution in [2.45, 2.75) is 117 Å². The van der Waals surface area contributed by atoms with E-state index in [9.17, 15) is 9.59 Å². The average Bonchev–Trinajstić information content (AvgIpc) is 3.17. The highest BCUT2D eigenvalue weighted by molar-refractivity contribution is 5.72. The molecule has 5 aromatic rings. The lowest BCUT2D eigenvalue weighted by Crippen LogP contribution is -2.35. The lowest BCUT2D eigenvalue weighted by atomic mass is 9.91. The van der Waals surface area contributed by atoms with Crippen LogP contribution in [-0.4, -0.2) is 32.9 Å². The summed E-state index contributed by atoms with van der Waals surface area (Å²) in [5.74, 6) is -0.528. The van der Waals surface area contributed by atoms with Crippen LogP contribution in [0.2, 0.25) is 0 Å². The van der Waals surface area contributed by atoms with Crippen molar-refractivity contribution in [3.05, 3.63) is 179 Å². The fourth-order valence-electron chi connectivity index (χ4n) is 7.38. The van der Waals surface area contributed by atoms with Crippen LogP contribution in [0.15, 0.2) is 146 Å². The molecule has 0 N–H and O–H groups in total. The Hall–Kier alpha value is -5.04. The molecule has 0 amide bonds. The summed E-state index contributed by atoms with van der Waals surface area (Å²) < 4.78 is 12.0. The number of hydrogen-bond acceptors (Lipinski definition) is 6. The first kappa shape index (κ1) is 42.1. The molecule has 0 fully saturated rings. The minimum Gasteiger partial charge on any atom is -0.460 e. The zero-order valence-electron chi connectivity index (χ0n) is 34.5. The molecule has 6 nitrogen and oxygen atoms in total. The van der Waals surface area contributed by atoms with Crippen molar-refractivity contribution in [1.29, 1.82) is 0 Å². The third-order valence-electron chi connectivity index (χ3n) is 10.0. The summed E-state index contributed by atoms with van der Waals surface area (Å²) in [6.45, 7) is 17.1. The van der Waals surface area contributed by atoms with Crippen molar-refractivity contribution < 1.29 is 19.1 Å². The molecule has 0 spiro atoms. The zero-order valence-corrected chi connectivity index (χ0v) is 34.5. The predicted octanol–water partition coefficient (Wildman–Crippen LogP) is 11.8. The second kappa shape index (κ2) is 19.2. The maximum Gasteiger partial charge on any atom is 0.308 e. The van der Waals surface area contributed by atoms with Gasteiger partial charge in [0.15, 0.2) is 0 Å². The van der Waals surface area contributed by atoms with Crippen molar-refractivity contribution in [3.8, 4) is 0 Å². The first-order valence-electron chi connectivity index (χ1n) is 19.9. The Morgan fingerprint density at radius 1 is 0.464 bits per heavy atom. The number of rotatable bonds is 16. The molecule has 56 heavy (non-hydrogen) atoms. The van der Waals surface area contributed by atoms with Crippen LogP contribution in [0.1, 0.15) is 126 Å². The number of esters is 2. The summed E-state index contributed by atoms with van der Waals surface area (Å²) in [5.41, 5.74) is 5.29. The number of hydrogen-bond donors (Lipinski definition) is 0. The summed E-state index contributed by atoms with van der Waals surface area (Å²) in [6, 6.07) is 49.4. The number of nitrogens with zero attached hydrogens (tertiary/aromatic N) is 2. The molecule has 0 aliphatic rings. The number of ether oxygens (including phenoxy) is 2. The minimum atomic E-state index is -0.636. The highest BCUT2D eigenvalue weighted by atomic mass is 16.6. The lowest BCUT2D eigenvalue weighted by Gasteiger charge is -2.39. The summed E-state index contributed by atoms with van der Waals surface area (Å²) >= 11 is 0. The number of carbonyl (C=O) groups is 2. The SMILES string of the molecule is C[C@@H](c1ccccc1)N(Cc1ccccc1)[C@H](CC(=O)OC(C)(C)C)c1cccc([C@@H](CC(=O)OC(C)(C)C)N(Cc2ccccc2)[C@@H](C)c2ccccc2)c1. The molecule has 0 aliphatic carbocycles. The van der Waals surface area contributed by atoms with E-state index in [4.69, 9.17) is 9.47 Å². The fraction of sp³-hybridized carbons (Fsp3) is 0.360. The Labute approximate surface area is 335 Å². The van der Waals surface area contributed by atoms with E-state index in [0.29, 0.717) is 13.1 Å². The Bertz CT molecular complexity index is 1810. The van der Waals surface area contributed by atoms with Gasteiger partial charge in [0.25, 0.3) is 0 Å². The maximum absolute atomic E-state index is 13.9. The van der Waals surface area contributed by atoms with Crippen LogP contribution in [0.3, 0.4) is 0 Å². The van der Waals surface area contributed by atoms with Crippen LogP contribution < -0.4 is 0 Å². The highest BCUT2D eigenvalue weighted by Gasteiger charge is 2.34. The molecule has 0 aliphatic heterocycles. The van der Waals surface area contributed by atoms with Gasteiger partial charge in [-0.15, -0.1) is 0 Å². The predicted molar refractivity (Wildman–Crippen MR) is 227 cm³/mol. The van der Waals surface area contributed by atoms with Gasteiger partial charge in [-0.2, -0.15) is 0 Å². The van der Waals surface area contributed by atoms with Gasteiger partial charge in [-0.1, -0.05) is 146 Å². The summed E-state index contributed by atoms with van der Waals surface area (Å²) in [5, 5.41) is 0. The molecule has 0 aromatic heterocycles. The first-order valence-corrected chi connectivity index (χ1v) is 19.9. The van der Waals surface area contributed by atoms with Gasteiger partial charge in [0, 0.05) is 37.3 Å². The fourth-order valence-corrected chi connectivity index (χ4v) is 7.38. The van der Waals surface area contributed by atoms with Gasteiger partial charge < -0.3 is 9.47 Å². The Balaban J connectivity index is 1.67. The minimum absolute atomic E-state index is 0.0438. The molecule has 6 heteroatoms. The van der Waals surface area contributed by atoms with Crippen molar-refractivity contribution in [2.75, 3.05) is 0 Å². The molecule has 0 saturated carbocycles. The molecule has 0 radical (unpaired) electrons. The molecule has 4 atom stereocenters. The van der Waals surface area contributed by atoms with Crippen LogP contribution in [0.5, 0.6) is 0 Å². The summed E-state index contributed by atoms with van der Waals surface area (Å²) in [7, 11) is 0. The van der Waals surface area contributed by atoms with E-state index in [2.05, 4.69) is 145 Å². The molecular weight excluding hydrogens is 693 g/mol. The van der Waals surface area contributed by atoms with Crippen molar-refractivity contribution >= 4 is 11.9 Å². The third-order valence-corrected chi connectivity index (χ3v) is 10.0. The van der Waals surface area contributed by atoms with E-state index >= 15 is 0 Å². The van der Waals surface area contributed by atoms with E-state index in [1.807, 2.05) is 65.8 Å². The third kappa shape index (κ3) is 12.5. The topological polar surface area (TPSA) is 59.1 Å². The molecule has 0 bridgehead atoms. The molecule has 0 saturated heterocycles. The van der Waals surface area contributed by atoms with Crippen LogP contribution >= 0.6 is 0 Å². The molecular formula is C50H60N2O4. The van der Waals surface area contributed by atoms with E-state index in [1.54, 1.807) is 0 Å². The lowest BCUT2D eigenvalue weighted by molar-refractivity contribution is -0.157. The summed E-state index contributed by atoms with van der Waals surface area (Å²) in [6.07, 6.45) is 0.297. The van der Waals surface area contributed by atoms with Crippen LogP contribution in [-0.2, 0) is 32.2 Å². The van der Waals surface area contributed by atoms with Crippen LogP contribution in [0.25, 0.3) is 0 Å². The molecule has 0 heterocycles. The second-order valence-electron chi connectivity index (χ2n) is 16.8. The standard InChI is InChI=1S/C50H60N2O4/c1-37(41-26-17-11-18-27-41)51(35-39-22-13-9-14-23-39)45(33-47(53)55-49(3,4)5)43-30-21-31-44(32-43)46(34-48(54)56-50(6,7)8)52(36-40-24-15-10-16-25-40)38(2)42-28-19-12-20-29-42/h9-32,37-38,45-46H,33-36H2,1-8H3/t37-,38-,45+,46+/m0/s1. The van der Waals surface area contributed by atoms with Gasteiger partial charge in [0.2, 0.25) is 0 Å². The Morgan fingerprint density at radius 3 is 1.09 bits per heavy atom. The van der Waals surface area contributed by atoms with Gasteiger partial charge in [-0.3, -0.25) is 19.4 Å². The van der Waals surface area contributed by atoms with Gasteiger partial charge in [0.05, 0.1) is 12.8 Å². The average molecular weight is 753 g/mol. The first-order chi connectivity index (χ1) is 26.7. The Kier molecular flexibility index (Phi) is 14.4. The Morgan fingerprint density at radius 2 is 0.768 bits per heavy atom. The van der Waals surface area contributed by atoms with Crippen molar-refractivity contribution in [1.82, 2.24) is 9.80 Å². The van der Waals surface area contributed by atoms with Crippen LogP contribution in [0.4, 0.5) is 0 Å². The van der Waals surface area contributed by atoms with Gasteiger partial charge >= 0.3 is 11.9 Å². The van der Waals surface area contributed by atoms with E-state index in [1.165, 1.54) is 0 Å². The van der Waals surface area contributed by atoms with Crippen LogP contribution in [0, 0.1) is 0 Å². The second-order valence-corrected chi connectivity index (χ2v) is 16.8. The largest absolute Gasteiger partial charge is 0.460 e. The molecule has 5 rings (SSSR count). The highest BCUT2D eigenvalue weighted by Crippen LogP contribution is 2.40. The molecule has 5 aromatic carbocycles. The van der Waals surface area contributed by atoms with Gasteiger partial charge in [-0.05, 0) is 88.8 Å². The molecule has 294 valence electrons. The van der Waals surface area contributed by atoms with Crippen molar-refractivity contribution in [3.63, 3.8) is 0 Å². The number of carbonyl (C=O) groups excluding carboxylic acids is 2. The zero-order chi connectivity index (χ0) is 40.3. The van der Waals surface area contributed by atoms with E-state index in [-0.39, 0.29) is 48.9 Å². The maximum atomic E-state index is 13.9. The van der Waals surface area contributed by atoms with Gasteiger partial charge in [0.1, 0.15) is 11.2 Å².